The van der Waals surface area contributed by atoms with Gasteiger partial charge in [-0.1, -0.05) is 0 Å². The minimum absolute atomic E-state index is 0.0273. The third kappa shape index (κ3) is 3.70. The fraction of sp³-hybridized carbons (Fsp3) is 0.0769. The molecule has 21 heavy (non-hydrogen) atoms. The van der Waals surface area contributed by atoms with Gasteiger partial charge < -0.3 is 9.47 Å². The summed E-state index contributed by atoms with van der Waals surface area (Å²) in [6.45, 7) is 0. The number of nitro benzene ring substituents is 1. The van der Waals surface area contributed by atoms with Crippen LogP contribution < -0.4 is 9.47 Å². The van der Waals surface area contributed by atoms with E-state index in [0.29, 0.717) is 20.4 Å². The topological polar surface area (TPSA) is 61.6 Å². The smallest absolute Gasteiger partial charge is 0.276 e. The predicted molar refractivity (Wildman–Crippen MR) is 81.5 cm³/mol. The largest absolute Gasteiger partial charge is 0.496 e. The highest BCUT2D eigenvalue weighted by Crippen LogP contribution is 2.38. The SMILES string of the molecule is COc1cc(Br)c(Oc2cc(F)cc([N+](=O)[O-])c2)cc1Br. The normalized spacial score (nSPS) is 10.3. The summed E-state index contributed by atoms with van der Waals surface area (Å²) >= 11 is 6.59. The molecular formula is C13H8Br2FNO4. The van der Waals surface area contributed by atoms with Crippen molar-refractivity contribution in [1.29, 1.82) is 0 Å². The highest BCUT2D eigenvalue weighted by atomic mass is 79.9. The quantitative estimate of drug-likeness (QED) is 0.512. The van der Waals surface area contributed by atoms with Crippen LogP contribution in [0.3, 0.4) is 0 Å². The van der Waals surface area contributed by atoms with E-state index in [2.05, 4.69) is 31.9 Å². The van der Waals surface area contributed by atoms with Gasteiger partial charge in [-0.25, -0.2) is 4.39 Å². The molecular weight excluding hydrogens is 413 g/mol. The summed E-state index contributed by atoms with van der Waals surface area (Å²) in [7, 11) is 1.52. The highest BCUT2D eigenvalue weighted by Gasteiger charge is 2.14. The molecule has 0 N–H and O–H groups in total. The van der Waals surface area contributed by atoms with Crippen LogP contribution in [-0.2, 0) is 0 Å². The number of hydrogen-bond donors (Lipinski definition) is 0. The van der Waals surface area contributed by atoms with Crippen LogP contribution in [0.25, 0.3) is 0 Å². The number of rotatable bonds is 4. The van der Waals surface area contributed by atoms with Gasteiger partial charge >= 0.3 is 0 Å². The van der Waals surface area contributed by atoms with Gasteiger partial charge in [0, 0.05) is 6.07 Å². The summed E-state index contributed by atoms with van der Waals surface area (Å²) in [5.74, 6) is 0.226. The number of hydrogen-bond acceptors (Lipinski definition) is 4. The van der Waals surface area contributed by atoms with E-state index < -0.39 is 10.7 Å². The van der Waals surface area contributed by atoms with Crippen molar-refractivity contribution in [3.05, 3.63) is 55.2 Å². The van der Waals surface area contributed by atoms with Crippen molar-refractivity contribution in [2.45, 2.75) is 0 Å². The highest BCUT2D eigenvalue weighted by molar-refractivity contribution is 9.11. The van der Waals surface area contributed by atoms with E-state index in [-0.39, 0.29) is 11.4 Å². The average molecular weight is 421 g/mol. The first-order chi connectivity index (χ1) is 9.90. The number of nitro groups is 1. The van der Waals surface area contributed by atoms with Crippen LogP contribution in [0, 0.1) is 15.9 Å². The summed E-state index contributed by atoms with van der Waals surface area (Å²) in [5.41, 5.74) is -0.381. The van der Waals surface area contributed by atoms with Crippen LogP contribution in [0.5, 0.6) is 17.2 Å². The van der Waals surface area contributed by atoms with E-state index >= 15 is 0 Å². The van der Waals surface area contributed by atoms with E-state index in [9.17, 15) is 14.5 Å². The average Bonchev–Trinajstić information content (AvgIpc) is 2.41. The maximum absolute atomic E-state index is 13.4. The Morgan fingerprint density at radius 3 is 2.33 bits per heavy atom. The van der Waals surface area contributed by atoms with Gasteiger partial charge in [-0.15, -0.1) is 0 Å². The molecule has 0 atom stereocenters. The van der Waals surface area contributed by atoms with Gasteiger partial charge in [0.1, 0.15) is 23.1 Å². The lowest BCUT2D eigenvalue weighted by molar-refractivity contribution is -0.385. The molecule has 0 aliphatic carbocycles. The van der Waals surface area contributed by atoms with E-state index in [4.69, 9.17) is 9.47 Å². The van der Waals surface area contributed by atoms with Crippen molar-refractivity contribution >= 4 is 37.5 Å². The number of methoxy groups -OCH3 is 1. The second-order valence-electron chi connectivity index (χ2n) is 3.92. The van der Waals surface area contributed by atoms with Gasteiger partial charge in [0.05, 0.1) is 33.1 Å². The maximum atomic E-state index is 13.4. The van der Waals surface area contributed by atoms with Crippen LogP contribution in [-0.4, -0.2) is 12.0 Å². The molecule has 0 spiro atoms. The van der Waals surface area contributed by atoms with Gasteiger partial charge in [0.25, 0.3) is 5.69 Å². The lowest BCUT2D eigenvalue weighted by Gasteiger charge is -2.11. The van der Waals surface area contributed by atoms with Crippen LogP contribution in [0.4, 0.5) is 10.1 Å². The Kier molecular flexibility index (Phi) is 4.79. The monoisotopic (exact) mass is 419 g/mol. The summed E-state index contributed by atoms with van der Waals surface area (Å²) in [6.07, 6.45) is 0. The lowest BCUT2D eigenvalue weighted by Crippen LogP contribution is -1.93. The summed E-state index contributed by atoms with van der Waals surface area (Å²) in [6, 6.07) is 6.31. The molecule has 0 aromatic heterocycles. The number of benzene rings is 2. The van der Waals surface area contributed by atoms with Crippen molar-refractivity contribution in [3.63, 3.8) is 0 Å². The lowest BCUT2D eigenvalue weighted by atomic mass is 10.3. The van der Waals surface area contributed by atoms with Crippen LogP contribution in [0.2, 0.25) is 0 Å². The van der Waals surface area contributed by atoms with Gasteiger partial charge in [0.15, 0.2) is 0 Å². The van der Waals surface area contributed by atoms with E-state index in [1.165, 1.54) is 7.11 Å². The van der Waals surface area contributed by atoms with Crippen LogP contribution >= 0.6 is 31.9 Å². The van der Waals surface area contributed by atoms with E-state index in [0.717, 1.165) is 18.2 Å². The zero-order chi connectivity index (χ0) is 15.6. The first kappa shape index (κ1) is 15.7. The molecule has 2 rings (SSSR count). The minimum Gasteiger partial charge on any atom is -0.496 e. The molecule has 0 saturated carbocycles. The minimum atomic E-state index is -0.747. The molecule has 0 radical (unpaired) electrons. The number of halogens is 3. The van der Waals surface area contributed by atoms with Crippen molar-refractivity contribution in [2.75, 3.05) is 7.11 Å². The molecule has 0 saturated heterocycles. The first-order valence-corrected chi connectivity index (χ1v) is 7.15. The Morgan fingerprint density at radius 1 is 1.10 bits per heavy atom. The molecule has 2 aromatic carbocycles. The second-order valence-corrected chi connectivity index (χ2v) is 5.63. The molecule has 8 heteroatoms. The molecule has 0 aliphatic rings. The molecule has 0 amide bonds. The van der Waals surface area contributed by atoms with E-state index in [1.807, 2.05) is 0 Å². The third-order valence-corrected chi connectivity index (χ3v) is 3.74. The predicted octanol–water partition coefficient (Wildman–Crippen LogP) is 5.06. The van der Waals surface area contributed by atoms with Crippen molar-refractivity contribution < 1.29 is 18.8 Å². The molecule has 110 valence electrons. The Labute approximate surface area is 136 Å². The molecule has 5 nitrogen and oxygen atoms in total. The van der Waals surface area contributed by atoms with Gasteiger partial charge in [-0.05, 0) is 44.0 Å². The summed E-state index contributed by atoms with van der Waals surface area (Å²) < 4.78 is 25.2. The summed E-state index contributed by atoms with van der Waals surface area (Å²) in [4.78, 5) is 10.0. The standard InChI is InChI=1S/C13H8Br2FNO4/c1-20-12-5-11(15)13(6-10(12)14)21-9-3-7(16)2-8(4-9)17(18)19/h2-6H,1H3. The second kappa shape index (κ2) is 6.40. The first-order valence-electron chi connectivity index (χ1n) is 5.56. The van der Waals surface area contributed by atoms with E-state index in [1.54, 1.807) is 12.1 Å². The fourth-order valence-corrected chi connectivity index (χ4v) is 2.47. The Hall–Kier alpha value is -1.67. The fourth-order valence-electron chi connectivity index (χ4n) is 1.58. The van der Waals surface area contributed by atoms with Gasteiger partial charge in [-0.2, -0.15) is 0 Å². The van der Waals surface area contributed by atoms with Gasteiger partial charge in [-0.3, -0.25) is 10.1 Å². The Morgan fingerprint density at radius 2 is 1.71 bits per heavy atom. The van der Waals surface area contributed by atoms with Crippen molar-refractivity contribution in [1.82, 2.24) is 0 Å². The Balaban J connectivity index is 2.38. The zero-order valence-electron chi connectivity index (χ0n) is 10.6. The molecule has 0 bridgehead atoms. The molecule has 0 fully saturated rings. The Bertz CT molecular complexity index is 709. The number of ether oxygens (including phenoxy) is 2. The van der Waals surface area contributed by atoms with Crippen molar-refractivity contribution in [2.24, 2.45) is 0 Å². The van der Waals surface area contributed by atoms with Crippen molar-refractivity contribution in [3.8, 4) is 17.2 Å². The number of nitrogens with zero attached hydrogens (tertiary/aromatic N) is 1. The third-order valence-electron chi connectivity index (χ3n) is 2.50. The molecule has 0 heterocycles. The van der Waals surface area contributed by atoms with Gasteiger partial charge in [0.2, 0.25) is 0 Å². The molecule has 0 unspecified atom stereocenters. The number of non-ortho nitro benzene ring substituents is 1. The molecule has 2 aromatic rings. The maximum Gasteiger partial charge on any atom is 0.276 e. The zero-order valence-corrected chi connectivity index (χ0v) is 13.8. The molecule has 0 aliphatic heterocycles. The van der Waals surface area contributed by atoms with Crippen LogP contribution in [0.1, 0.15) is 0 Å². The van der Waals surface area contributed by atoms with Crippen LogP contribution in [0.15, 0.2) is 39.3 Å². The summed E-state index contributed by atoms with van der Waals surface area (Å²) in [5, 5.41) is 10.7.